The van der Waals surface area contributed by atoms with Crippen LogP contribution in [-0.4, -0.2) is 9.97 Å². The molecule has 2 aromatic rings. The molecule has 1 aromatic carbocycles. The highest BCUT2D eigenvalue weighted by Gasteiger charge is 2.04. The van der Waals surface area contributed by atoms with Crippen LogP contribution in [0.4, 0.5) is 11.4 Å². The van der Waals surface area contributed by atoms with Crippen LogP contribution in [0.3, 0.4) is 0 Å². The van der Waals surface area contributed by atoms with Crippen LogP contribution < -0.4 is 11.1 Å². The summed E-state index contributed by atoms with van der Waals surface area (Å²) in [5, 5.41) is 4.07. The molecule has 2 rings (SSSR count). The Morgan fingerprint density at radius 1 is 1.31 bits per heavy atom. The molecule has 0 fully saturated rings. The topological polar surface area (TPSA) is 66.7 Å². The summed E-state index contributed by atoms with van der Waals surface area (Å²) in [6.45, 7) is 0.599. The number of benzene rings is 1. The normalized spacial score (nSPS) is 10.4. The quantitative estimate of drug-likeness (QED) is 0.740. The van der Waals surface area contributed by atoms with Gasteiger partial charge in [-0.2, -0.15) is 0 Å². The molecule has 0 unspecified atom stereocenters. The third-order valence-corrected chi connectivity index (χ3v) is 2.84. The van der Waals surface area contributed by atoms with Crippen molar-refractivity contribution in [3.63, 3.8) is 0 Å². The highest BCUT2D eigenvalue weighted by Crippen LogP contribution is 2.30. The lowest BCUT2D eigenvalue weighted by molar-refractivity contribution is 1.07. The van der Waals surface area contributed by atoms with Gasteiger partial charge in [-0.1, -0.05) is 23.2 Å². The van der Waals surface area contributed by atoms with Crippen molar-refractivity contribution in [1.82, 2.24) is 9.97 Å². The molecule has 0 saturated carbocycles. The zero-order chi connectivity index (χ0) is 11.5. The molecule has 0 aliphatic carbocycles. The van der Waals surface area contributed by atoms with Crippen molar-refractivity contribution < 1.29 is 0 Å². The molecule has 0 atom stereocenters. The van der Waals surface area contributed by atoms with Crippen LogP contribution in [0.25, 0.3) is 0 Å². The van der Waals surface area contributed by atoms with Crippen molar-refractivity contribution >= 4 is 34.6 Å². The van der Waals surface area contributed by atoms with Crippen LogP contribution in [0.2, 0.25) is 10.0 Å². The van der Waals surface area contributed by atoms with Gasteiger partial charge in [0.15, 0.2) is 0 Å². The van der Waals surface area contributed by atoms with Gasteiger partial charge in [0, 0.05) is 6.20 Å². The number of hydrogen-bond donors (Lipinski definition) is 3. The number of H-pyrrole nitrogens is 1. The Labute approximate surface area is 103 Å². The number of nitrogens with zero attached hydrogens (tertiary/aromatic N) is 1. The van der Waals surface area contributed by atoms with E-state index in [0.717, 1.165) is 11.4 Å². The summed E-state index contributed by atoms with van der Waals surface area (Å²) in [6.07, 6.45) is 3.36. The van der Waals surface area contributed by atoms with E-state index in [2.05, 4.69) is 15.3 Å². The Morgan fingerprint density at radius 2 is 2.06 bits per heavy atom. The maximum Gasteiger partial charge on any atom is 0.0922 e. The first-order valence-corrected chi connectivity index (χ1v) is 5.38. The summed E-state index contributed by atoms with van der Waals surface area (Å²) in [7, 11) is 0. The van der Waals surface area contributed by atoms with Crippen LogP contribution in [0.1, 0.15) is 5.69 Å². The first-order chi connectivity index (χ1) is 7.66. The number of hydrogen-bond acceptors (Lipinski definition) is 3. The molecular formula is C10H10Cl2N4. The van der Waals surface area contributed by atoms with Gasteiger partial charge in [0.05, 0.1) is 40.0 Å². The molecule has 1 heterocycles. The van der Waals surface area contributed by atoms with E-state index in [1.807, 2.05) is 0 Å². The zero-order valence-electron chi connectivity index (χ0n) is 8.30. The minimum atomic E-state index is 0.450. The molecule has 4 nitrogen and oxygen atoms in total. The number of aromatic amines is 1. The first-order valence-electron chi connectivity index (χ1n) is 4.62. The monoisotopic (exact) mass is 256 g/mol. The van der Waals surface area contributed by atoms with Crippen molar-refractivity contribution in [3.8, 4) is 0 Å². The average molecular weight is 257 g/mol. The van der Waals surface area contributed by atoms with Gasteiger partial charge in [0.2, 0.25) is 0 Å². The number of rotatable bonds is 3. The van der Waals surface area contributed by atoms with Gasteiger partial charge in [0.1, 0.15) is 0 Å². The van der Waals surface area contributed by atoms with E-state index in [9.17, 15) is 0 Å². The lowest BCUT2D eigenvalue weighted by Gasteiger charge is -2.09. The molecule has 0 bridgehead atoms. The second-order valence-electron chi connectivity index (χ2n) is 3.28. The molecule has 1 aromatic heterocycles. The fourth-order valence-corrected chi connectivity index (χ4v) is 1.62. The van der Waals surface area contributed by atoms with E-state index in [0.29, 0.717) is 22.3 Å². The van der Waals surface area contributed by atoms with Gasteiger partial charge in [-0.3, -0.25) is 0 Å². The predicted octanol–water partition coefficient (Wildman–Crippen LogP) is 2.91. The van der Waals surface area contributed by atoms with Gasteiger partial charge in [-0.05, 0) is 12.1 Å². The van der Waals surface area contributed by atoms with Crippen LogP contribution >= 0.6 is 23.2 Å². The molecular weight excluding hydrogens is 247 g/mol. The smallest absolute Gasteiger partial charge is 0.0922 e. The second kappa shape index (κ2) is 4.63. The van der Waals surface area contributed by atoms with Crippen molar-refractivity contribution in [3.05, 3.63) is 40.4 Å². The first kappa shape index (κ1) is 11.1. The molecule has 0 aliphatic rings. The number of nitrogens with one attached hydrogen (secondary N) is 2. The summed E-state index contributed by atoms with van der Waals surface area (Å²) >= 11 is 11.7. The van der Waals surface area contributed by atoms with E-state index < -0.39 is 0 Å². The molecule has 6 heteroatoms. The SMILES string of the molecule is Nc1cc(Cl)c(Cl)cc1NCc1cnc[nH]1. The van der Waals surface area contributed by atoms with Crippen LogP contribution in [0, 0.1) is 0 Å². The Morgan fingerprint density at radius 3 is 2.75 bits per heavy atom. The van der Waals surface area contributed by atoms with Crippen molar-refractivity contribution in [2.24, 2.45) is 0 Å². The molecule has 0 saturated heterocycles. The third-order valence-electron chi connectivity index (χ3n) is 2.12. The fraction of sp³-hybridized carbons (Fsp3) is 0.100. The summed E-state index contributed by atoms with van der Waals surface area (Å²) in [6, 6.07) is 3.33. The average Bonchev–Trinajstić information content (AvgIpc) is 2.74. The van der Waals surface area contributed by atoms with Crippen LogP contribution in [0.5, 0.6) is 0 Å². The minimum Gasteiger partial charge on any atom is -0.397 e. The number of halogens is 2. The molecule has 0 radical (unpaired) electrons. The fourth-order valence-electron chi connectivity index (χ4n) is 1.29. The summed E-state index contributed by atoms with van der Waals surface area (Å²) in [5.41, 5.74) is 8.08. The second-order valence-corrected chi connectivity index (χ2v) is 4.10. The van der Waals surface area contributed by atoms with Crippen LogP contribution in [0.15, 0.2) is 24.7 Å². The van der Waals surface area contributed by atoms with Gasteiger partial charge in [-0.15, -0.1) is 0 Å². The standard InChI is InChI=1S/C10H10Cl2N4/c11-7-1-9(13)10(2-8(7)12)15-4-6-3-14-5-16-6/h1-3,5,15H,4,13H2,(H,14,16). The van der Waals surface area contributed by atoms with Gasteiger partial charge in [0.25, 0.3) is 0 Å². The Balaban J connectivity index is 2.12. The Kier molecular flexibility index (Phi) is 3.22. The number of anilines is 2. The molecule has 84 valence electrons. The molecule has 16 heavy (non-hydrogen) atoms. The van der Waals surface area contributed by atoms with Crippen molar-refractivity contribution in [2.45, 2.75) is 6.54 Å². The van der Waals surface area contributed by atoms with Crippen molar-refractivity contribution in [1.29, 1.82) is 0 Å². The summed E-state index contributed by atoms with van der Waals surface area (Å²) in [4.78, 5) is 6.89. The molecule has 0 amide bonds. The summed E-state index contributed by atoms with van der Waals surface area (Å²) < 4.78 is 0. The maximum atomic E-state index is 5.90. The van der Waals surface area contributed by atoms with Crippen LogP contribution in [-0.2, 0) is 6.54 Å². The van der Waals surface area contributed by atoms with Crippen molar-refractivity contribution in [2.75, 3.05) is 11.1 Å². The third kappa shape index (κ3) is 2.40. The number of nitrogens with two attached hydrogens (primary N) is 1. The highest BCUT2D eigenvalue weighted by atomic mass is 35.5. The minimum absolute atomic E-state index is 0.450. The Bertz CT molecular complexity index is 482. The largest absolute Gasteiger partial charge is 0.397 e. The number of imidazole rings is 1. The molecule has 0 aliphatic heterocycles. The maximum absolute atomic E-state index is 5.90. The van der Waals surface area contributed by atoms with Gasteiger partial charge < -0.3 is 16.0 Å². The number of nitrogen functional groups attached to an aromatic ring is 1. The highest BCUT2D eigenvalue weighted by molar-refractivity contribution is 6.42. The lowest BCUT2D eigenvalue weighted by atomic mass is 10.2. The van der Waals surface area contributed by atoms with E-state index in [1.54, 1.807) is 24.7 Å². The number of aromatic nitrogens is 2. The van der Waals surface area contributed by atoms with Gasteiger partial charge in [-0.25, -0.2) is 4.98 Å². The zero-order valence-corrected chi connectivity index (χ0v) is 9.81. The predicted molar refractivity (Wildman–Crippen MR) is 66.8 cm³/mol. The van der Waals surface area contributed by atoms with E-state index in [-0.39, 0.29) is 0 Å². The van der Waals surface area contributed by atoms with E-state index in [4.69, 9.17) is 28.9 Å². The Hall–Kier alpha value is -1.39. The summed E-state index contributed by atoms with van der Waals surface area (Å²) in [5.74, 6) is 0. The van der Waals surface area contributed by atoms with E-state index >= 15 is 0 Å². The molecule has 0 spiro atoms. The molecule has 4 N–H and O–H groups in total. The lowest BCUT2D eigenvalue weighted by Crippen LogP contribution is -2.02. The van der Waals surface area contributed by atoms with E-state index in [1.165, 1.54) is 0 Å². The van der Waals surface area contributed by atoms with Gasteiger partial charge >= 0.3 is 0 Å².